The molecule has 138 heavy (non-hydrogen) atoms. The molecule has 17 amide bonds. The van der Waals surface area contributed by atoms with Crippen molar-refractivity contribution >= 4 is 126 Å². The molecule has 4 aromatic carbocycles. The van der Waals surface area contributed by atoms with Crippen molar-refractivity contribution in [2.24, 2.45) is 34.6 Å². The van der Waals surface area contributed by atoms with E-state index in [2.05, 4.69) is 63.8 Å². The number of rotatable bonds is 56. The van der Waals surface area contributed by atoms with Crippen molar-refractivity contribution in [1.29, 1.82) is 5.41 Å². The number of guanidine groups is 1. The first-order valence-corrected chi connectivity index (χ1v) is 50.8. The lowest BCUT2D eigenvalue weighted by Crippen LogP contribution is -2.61. The Bertz CT molecular complexity index is 5200. The second-order valence-electron chi connectivity index (χ2n) is 36.2. The number of fused-ring (bicyclic) bond motifs is 1. The van der Waals surface area contributed by atoms with E-state index in [1.807, 2.05) is 0 Å². The average Bonchev–Trinajstić information content (AvgIpc) is 1.61. The minimum atomic E-state index is -3.96. The van der Waals surface area contributed by atoms with E-state index in [0.29, 0.717) is 72.8 Å². The first-order valence-electron chi connectivity index (χ1n) is 47.3. The van der Waals surface area contributed by atoms with Gasteiger partial charge in [-0.25, -0.2) is 21.6 Å². The number of nitrogens with zero attached hydrogens (tertiary/aromatic N) is 3. The Balaban J connectivity index is 0.833. The van der Waals surface area contributed by atoms with Crippen LogP contribution in [-0.4, -0.2) is 272 Å². The van der Waals surface area contributed by atoms with Crippen molar-refractivity contribution in [2.45, 2.75) is 270 Å². The zero-order chi connectivity index (χ0) is 100. The SMILES string of the molecule is CC(C)C[C@H](NC(=O)[C@@H]1CCCN1C(=O)[C@H](Cc1ccccc1)NC(=O)[C@H](Cc1ccccc1)NC(=O)[C@H](CCC(N)=O)NC(=O)[C@H](CCC(N)=O)NC(=O)[C@@H]1CCCN1C(=O)[C@H](CCCCN)NC(=O)[C@@H]1CCCN1C(=O)[C@H](CCCNC(=N)N)NC(=O)CCCCNC(=O)CCCC[C@H]1[C@H]2NC(=O)N[C@H]2CS1(=O)=O)C(=O)N[C@@H](CCS(=O)(=O)Cc1ccc(C(=O)c2ccccc2)cc1)C(N)=O. The van der Waals surface area contributed by atoms with Crippen molar-refractivity contribution in [2.75, 3.05) is 50.8 Å². The third kappa shape index (κ3) is 33.4. The van der Waals surface area contributed by atoms with E-state index in [4.69, 9.17) is 34.1 Å². The number of urea groups is 1. The Morgan fingerprint density at radius 2 is 0.906 bits per heavy atom. The first-order chi connectivity index (χ1) is 65.8. The molecule has 9 rings (SSSR count). The highest BCUT2D eigenvalue weighted by molar-refractivity contribution is 7.92. The van der Waals surface area contributed by atoms with Gasteiger partial charge in [0.05, 0.1) is 34.6 Å². The number of benzene rings is 4. The average molecular weight is 1960 g/mol. The Hall–Kier alpha value is -13.0. The topological polar surface area (TPSA) is 667 Å². The number of hydrogen-bond acceptors (Lipinski definition) is 23. The van der Waals surface area contributed by atoms with Crippen molar-refractivity contribution < 1.29 is 98.3 Å². The van der Waals surface area contributed by atoms with E-state index in [1.54, 1.807) is 105 Å². The van der Waals surface area contributed by atoms with Crippen molar-refractivity contribution in [3.63, 3.8) is 0 Å². The van der Waals surface area contributed by atoms with Gasteiger partial charge in [0.2, 0.25) is 88.6 Å². The highest BCUT2D eigenvalue weighted by Gasteiger charge is 2.52. The van der Waals surface area contributed by atoms with Crippen LogP contribution >= 0.6 is 0 Å². The maximum Gasteiger partial charge on any atom is 0.315 e. The molecule has 0 spiro atoms. The molecular weight excluding hydrogens is 1820 g/mol. The number of carbonyl (C=O) groups excluding carboxylic acids is 17. The Morgan fingerprint density at radius 1 is 0.457 bits per heavy atom. The molecule has 44 heteroatoms. The molecule has 5 heterocycles. The number of amides is 17. The zero-order valence-electron chi connectivity index (χ0n) is 78.0. The van der Waals surface area contributed by atoms with Crippen molar-refractivity contribution in [3.05, 3.63) is 143 Å². The minimum Gasteiger partial charge on any atom is -0.370 e. The molecule has 42 nitrogen and oxygen atoms in total. The summed E-state index contributed by atoms with van der Waals surface area (Å²) in [7, 11) is -7.39. The molecule has 5 saturated heterocycles. The molecule has 23 N–H and O–H groups in total. The van der Waals surface area contributed by atoms with E-state index >= 15 is 19.2 Å². The van der Waals surface area contributed by atoms with Crippen LogP contribution in [0.15, 0.2) is 115 Å². The number of hydrogen-bond donors (Lipinski definition) is 18. The lowest BCUT2D eigenvalue weighted by Gasteiger charge is -2.32. The van der Waals surface area contributed by atoms with Gasteiger partial charge in [-0.15, -0.1) is 0 Å². The van der Waals surface area contributed by atoms with Crippen LogP contribution in [0.3, 0.4) is 0 Å². The molecule has 14 atom stereocenters. The molecule has 0 saturated carbocycles. The van der Waals surface area contributed by atoms with Gasteiger partial charge >= 0.3 is 6.03 Å². The lowest BCUT2D eigenvalue weighted by molar-refractivity contribution is -0.144. The van der Waals surface area contributed by atoms with Gasteiger partial charge in [0.25, 0.3) is 0 Å². The van der Waals surface area contributed by atoms with Gasteiger partial charge in [0.15, 0.2) is 31.4 Å². The summed E-state index contributed by atoms with van der Waals surface area (Å²) in [6, 6.07) is 14.5. The minimum absolute atomic E-state index is 0.00345. The molecule has 752 valence electrons. The normalized spacial score (nSPS) is 19.2. The maximum atomic E-state index is 15.3. The smallest absolute Gasteiger partial charge is 0.315 e. The van der Waals surface area contributed by atoms with Gasteiger partial charge in [-0.1, -0.05) is 136 Å². The van der Waals surface area contributed by atoms with E-state index in [9.17, 15) is 79.2 Å². The second kappa shape index (κ2) is 53.1. The summed E-state index contributed by atoms with van der Waals surface area (Å²) < 4.78 is 52.5. The number of likely N-dealkylation sites (tertiary alicyclic amines) is 3. The standard InChI is InChI=1S/C94H133N21O21S2/c1-57(2)52-68(85(124)104-63(82(98)121)44-51-137(133,134)55-60-36-38-62(39-37-60)81(120)61-26-10-5-11-27-61)109-89(128)74-32-21-50-115(74)92(131)70(54-59-24-8-4-9-25-59)110-86(125)69(53-58-22-6-3-7-23-58)108-84(123)64(40-42-76(96)116)105-83(122)65(41-43-77(97)117)106-87(126)72-30-19-49-114(72)91(130)67(28-14-16-45-95)107-88(127)73-31-20-48-113(73)90(129)66(29-18-47-102-93(99)100)103-79(119)35-15-17-46-101-78(118)34-13-12-33-75-80-71(56-138(75,135)136)111-94(132)112-80/h3-11,22-27,36-39,57,63-75,80H,12-21,28-35,40-56,95H2,1-2H3,(H2,96,116)(H2,97,117)(H2,98,121)(H,101,118)(H,103,119)(H,104,124)(H,105,122)(H,106,126)(H,107,127)(H,108,123)(H,109,128)(H,110,125)(H4,99,100,102)(H2,111,112,132)/t63-,64-,65-,66-,67-,68-,69-,70-,71-,72-,73-,74-,75-,80-/m0/s1. The van der Waals surface area contributed by atoms with Gasteiger partial charge in [0.1, 0.15) is 66.5 Å². The summed E-state index contributed by atoms with van der Waals surface area (Å²) in [6.07, 6.45) is 1.25. The molecule has 5 aliphatic rings. The fourth-order valence-electron chi connectivity index (χ4n) is 17.9. The van der Waals surface area contributed by atoms with Crippen LogP contribution < -0.4 is 92.5 Å². The molecule has 0 bridgehead atoms. The quantitative estimate of drug-likeness (QED) is 0.00804. The molecule has 0 unspecified atom stereocenters. The van der Waals surface area contributed by atoms with E-state index in [0.717, 1.165) is 0 Å². The summed E-state index contributed by atoms with van der Waals surface area (Å²) in [5.74, 6) is -14.1. The van der Waals surface area contributed by atoms with E-state index in [-0.39, 0.29) is 158 Å². The third-order valence-corrected chi connectivity index (χ3v) is 29.0. The number of nitrogens with one attached hydrogen (secondary N) is 13. The predicted octanol–water partition coefficient (Wildman–Crippen LogP) is -1.29. The van der Waals surface area contributed by atoms with Crippen LogP contribution in [0.2, 0.25) is 0 Å². The predicted molar refractivity (Wildman–Crippen MR) is 508 cm³/mol. The summed E-state index contributed by atoms with van der Waals surface area (Å²) in [5, 5.41) is 39.3. The molecular formula is C94H133N21O21S2. The molecule has 5 fully saturated rings. The van der Waals surface area contributed by atoms with Crippen LogP contribution in [-0.2, 0) is 110 Å². The lowest BCUT2D eigenvalue weighted by atomic mass is 10.0. The summed E-state index contributed by atoms with van der Waals surface area (Å²) in [6.45, 7) is 4.20. The van der Waals surface area contributed by atoms with E-state index in [1.165, 1.54) is 39.0 Å². The Morgan fingerprint density at radius 3 is 1.44 bits per heavy atom. The molecule has 0 radical (unpaired) electrons. The van der Waals surface area contributed by atoms with E-state index < -0.39 is 236 Å². The van der Waals surface area contributed by atoms with Gasteiger partial charge in [0, 0.05) is 82.4 Å². The van der Waals surface area contributed by atoms with Crippen molar-refractivity contribution in [3.8, 4) is 0 Å². The molecule has 0 aliphatic carbocycles. The number of carbonyl (C=O) groups is 17. The highest BCUT2D eigenvalue weighted by Crippen LogP contribution is 2.30. The van der Waals surface area contributed by atoms with Gasteiger partial charge in [-0.05, 0) is 151 Å². The zero-order valence-corrected chi connectivity index (χ0v) is 79.6. The fourth-order valence-corrected chi connectivity index (χ4v) is 21.6. The van der Waals surface area contributed by atoms with Gasteiger partial charge in [-0.2, -0.15) is 0 Å². The fraction of sp³-hybridized carbons (Fsp3) is 0.553. The number of nitrogens with two attached hydrogens (primary N) is 5. The monoisotopic (exact) mass is 1960 g/mol. The summed E-state index contributed by atoms with van der Waals surface area (Å²) in [5.41, 5.74) is 30.7. The number of unbranched alkanes of at least 4 members (excludes halogenated alkanes) is 3. The first kappa shape index (κ1) is 109. The van der Waals surface area contributed by atoms with Crippen LogP contribution in [0.4, 0.5) is 4.79 Å². The van der Waals surface area contributed by atoms with Crippen LogP contribution in [0.5, 0.6) is 0 Å². The molecule has 5 aliphatic heterocycles. The number of ketones is 1. The second-order valence-corrected chi connectivity index (χ2v) is 40.7. The van der Waals surface area contributed by atoms with Crippen LogP contribution in [0, 0.1) is 11.3 Å². The molecule has 0 aromatic heterocycles. The van der Waals surface area contributed by atoms with Gasteiger partial charge < -0.3 is 107 Å². The summed E-state index contributed by atoms with van der Waals surface area (Å²) in [4.78, 5) is 242. The highest BCUT2D eigenvalue weighted by atomic mass is 32.2. The van der Waals surface area contributed by atoms with Crippen LogP contribution in [0.1, 0.15) is 201 Å². The Labute approximate surface area is 802 Å². The van der Waals surface area contributed by atoms with Crippen molar-refractivity contribution in [1.82, 2.24) is 78.5 Å². The third-order valence-electron chi connectivity index (χ3n) is 25.1. The van der Waals surface area contributed by atoms with Gasteiger partial charge in [-0.3, -0.25) is 82.1 Å². The summed E-state index contributed by atoms with van der Waals surface area (Å²) >= 11 is 0. The van der Waals surface area contributed by atoms with Crippen LogP contribution in [0.25, 0.3) is 0 Å². The number of sulfone groups is 2. The largest absolute Gasteiger partial charge is 0.370 e. The maximum absolute atomic E-state index is 15.3. The Kier molecular flexibility index (Phi) is 41.8. The number of primary amides is 3. The molecule has 4 aromatic rings.